The summed E-state index contributed by atoms with van der Waals surface area (Å²) < 4.78 is 0. The Kier molecular flexibility index (Phi) is 4.34. The van der Waals surface area contributed by atoms with Crippen molar-refractivity contribution in [2.75, 3.05) is 0 Å². The maximum absolute atomic E-state index is 10.5. The van der Waals surface area contributed by atoms with Crippen molar-refractivity contribution in [1.29, 1.82) is 0 Å². The average Bonchev–Trinajstić information content (AvgIpc) is 2.17. The molecule has 0 saturated heterocycles. The summed E-state index contributed by atoms with van der Waals surface area (Å²) in [5, 5.41) is 10.5. The van der Waals surface area contributed by atoms with E-state index in [4.69, 9.17) is 0 Å². The number of carbonyl (C=O) groups is 1. The SMILES string of the molecule is O=C([O-])N1C=Cc2ccccc2C1.[K+]. The molecule has 0 atom stereocenters. The van der Waals surface area contributed by atoms with Crippen LogP contribution in [0.2, 0.25) is 0 Å². The molecule has 66 valence electrons. The summed E-state index contributed by atoms with van der Waals surface area (Å²) in [6, 6.07) is 7.69. The molecule has 0 spiro atoms. The molecule has 0 fully saturated rings. The second kappa shape index (κ2) is 5.09. The van der Waals surface area contributed by atoms with Gasteiger partial charge in [0.15, 0.2) is 0 Å². The van der Waals surface area contributed by atoms with Crippen molar-refractivity contribution in [3.63, 3.8) is 0 Å². The van der Waals surface area contributed by atoms with Crippen LogP contribution in [-0.2, 0) is 6.54 Å². The van der Waals surface area contributed by atoms with Gasteiger partial charge in [-0.2, -0.15) is 0 Å². The van der Waals surface area contributed by atoms with Gasteiger partial charge >= 0.3 is 51.4 Å². The van der Waals surface area contributed by atoms with Crippen LogP contribution >= 0.6 is 0 Å². The van der Waals surface area contributed by atoms with E-state index in [2.05, 4.69) is 0 Å². The maximum Gasteiger partial charge on any atom is 1.00 e. The van der Waals surface area contributed by atoms with Gasteiger partial charge in [0.1, 0.15) is 6.09 Å². The maximum atomic E-state index is 10.5. The Labute approximate surface area is 125 Å². The van der Waals surface area contributed by atoms with Crippen LogP contribution in [0.25, 0.3) is 6.08 Å². The number of hydrogen-bond donors (Lipinski definition) is 0. The molecule has 0 aliphatic carbocycles. The molecule has 3 nitrogen and oxygen atoms in total. The third-order valence-electron chi connectivity index (χ3n) is 2.06. The van der Waals surface area contributed by atoms with E-state index in [1.807, 2.05) is 24.3 Å². The molecule has 1 aliphatic heterocycles. The zero-order valence-corrected chi connectivity index (χ0v) is 11.1. The summed E-state index contributed by atoms with van der Waals surface area (Å²) in [6.45, 7) is 0.384. The predicted molar refractivity (Wildman–Crippen MR) is 46.4 cm³/mol. The minimum Gasteiger partial charge on any atom is -0.530 e. The van der Waals surface area contributed by atoms with Crippen LogP contribution in [0.3, 0.4) is 0 Å². The van der Waals surface area contributed by atoms with Crippen LogP contribution in [0.1, 0.15) is 11.1 Å². The van der Waals surface area contributed by atoms with E-state index < -0.39 is 6.09 Å². The van der Waals surface area contributed by atoms with E-state index in [1.165, 1.54) is 6.20 Å². The first-order valence-electron chi connectivity index (χ1n) is 4.01. The Morgan fingerprint density at radius 1 is 1.36 bits per heavy atom. The van der Waals surface area contributed by atoms with E-state index in [0.717, 1.165) is 16.0 Å². The molecule has 0 unspecified atom stereocenters. The smallest absolute Gasteiger partial charge is 0.530 e. The minimum absolute atomic E-state index is 0. The molecule has 0 N–H and O–H groups in total. The minimum atomic E-state index is -1.16. The van der Waals surface area contributed by atoms with Crippen LogP contribution in [0, 0.1) is 0 Å². The predicted octanol–water partition coefficient (Wildman–Crippen LogP) is -2.18. The van der Waals surface area contributed by atoms with Gasteiger partial charge in [-0.3, -0.25) is 0 Å². The van der Waals surface area contributed by atoms with Crippen LogP contribution < -0.4 is 56.5 Å². The molecule has 0 radical (unpaired) electrons. The fourth-order valence-electron chi connectivity index (χ4n) is 1.37. The molecule has 1 aliphatic rings. The van der Waals surface area contributed by atoms with Crippen molar-refractivity contribution >= 4 is 12.2 Å². The first-order chi connectivity index (χ1) is 6.27. The van der Waals surface area contributed by atoms with E-state index >= 15 is 0 Å². The van der Waals surface area contributed by atoms with Gasteiger partial charge in [-0.15, -0.1) is 0 Å². The van der Waals surface area contributed by atoms with Gasteiger partial charge in [-0.05, 0) is 17.2 Å². The Morgan fingerprint density at radius 2 is 2.07 bits per heavy atom. The Hall–Kier alpha value is -0.134. The molecule has 1 aromatic carbocycles. The summed E-state index contributed by atoms with van der Waals surface area (Å²) in [6.07, 6.45) is 2.14. The Bertz CT molecular complexity index is 376. The van der Waals surface area contributed by atoms with Gasteiger partial charge in [-0.25, -0.2) is 0 Å². The second-order valence-corrected chi connectivity index (χ2v) is 2.91. The third-order valence-corrected chi connectivity index (χ3v) is 2.06. The number of amides is 1. The molecule has 0 aromatic heterocycles. The molecular weight excluding hydrogens is 205 g/mol. The molecule has 2 rings (SSSR count). The number of carboxylic acid groups (broad SMARTS) is 1. The van der Waals surface area contributed by atoms with Gasteiger partial charge in [0.05, 0.1) is 0 Å². The first-order valence-corrected chi connectivity index (χ1v) is 4.01. The van der Waals surface area contributed by atoms with Crippen LogP contribution in [0.4, 0.5) is 4.79 Å². The molecule has 1 amide bonds. The molecule has 1 aromatic rings. The van der Waals surface area contributed by atoms with Crippen molar-refractivity contribution in [1.82, 2.24) is 4.90 Å². The van der Waals surface area contributed by atoms with Gasteiger partial charge in [0.25, 0.3) is 0 Å². The van der Waals surface area contributed by atoms with Crippen molar-refractivity contribution in [3.05, 3.63) is 41.6 Å². The van der Waals surface area contributed by atoms with Gasteiger partial charge in [0, 0.05) is 12.7 Å². The summed E-state index contributed by atoms with van der Waals surface area (Å²) in [7, 11) is 0. The fraction of sp³-hybridized carbons (Fsp3) is 0.100. The normalized spacial score (nSPS) is 13.0. The van der Waals surface area contributed by atoms with Crippen LogP contribution in [0.5, 0.6) is 0 Å². The van der Waals surface area contributed by atoms with E-state index in [1.54, 1.807) is 6.08 Å². The summed E-state index contributed by atoms with van der Waals surface area (Å²) in [5.74, 6) is 0. The molecule has 4 heteroatoms. The quantitative estimate of drug-likeness (QED) is 0.460. The van der Waals surface area contributed by atoms with Crippen molar-refractivity contribution in [3.8, 4) is 0 Å². The summed E-state index contributed by atoms with van der Waals surface area (Å²) in [4.78, 5) is 11.7. The third kappa shape index (κ3) is 2.46. The van der Waals surface area contributed by atoms with E-state index in [0.29, 0.717) is 6.54 Å². The Balaban J connectivity index is 0.000000980. The standard InChI is InChI=1S/C10H9NO2.K/c12-10(13)11-6-5-8-3-1-2-4-9(8)7-11;/h1-6H,7H2,(H,12,13);/q;+1/p-1. The molecule has 1 heterocycles. The Morgan fingerprint density at radius 3 is 2.79 bits per heavy atom. The average molecular weight is 213 g/mol. The number of rotatable bonds is 0. The number of fused-ring (bicyclic) bond motifs is 1. The van der Waals surface area contributed by atoms with E-state index in [-0.39, 0.29) is 51.4 Å². The molecular formula is C10H8KNO2. The summed E-state index contributed by atoms with van der Waals surface area (Å²) >= 11 is 0. The van der Waals surface area contributed by atoms with E-state index in [9.17, 15) is 9.90 Å². The van der Waals surface area contributed by atoms with Crippen molar-refractivity contribution in [2.45, 2.75) is 6.54 Å². The summed E-state index contributed by atoms with van der Waals surface area (Å²) in [5.41, 5.74) is 2.08. The second-order valence-electron chi connectivity index (χ2n) is 2.91. The molecule has 14 heavy (non-hydrogen) atoms. The van der Waals surface area contributed by atoms with Crippen molar-refractivity contribution in [2.24, 2.45) is 0 Å². The van der Waals surface area contributed by atoms with Gasteiger partial charge < -0.3 is 14.8 Å². The van der Waals surface area contributed by atoms with Crippen molar-refractivity contribution < 1.29 is 61.3 Å². The topological polar surface area (TPSA) is 43.4 Å². The zero-order valence-electron chi connectivity index (χ0n) is 7.93. The monoisotopic (exact) mass is 213 g/mol. The largest absolute Gasteiger partial charge is 1.00 e. The number of carbonyl (C=O) groups excluding carboxylic acids is 1. The molecule has 0 saturated carbocycles. The number of nitrogens with zero attached hydrogens (tertiary/aromatic N) is 1. The van der Waals surface area contributed by atoms with Gasteiger partial charge in [-0.1, -0.05) is 24.3 Å². The van der Waals surface area contributed by atoms with Crippen LogP contribution in [0.15, 0.2) is 30.5 Å². The first kappa shape index (κ1) is 11.9. The fourth-order valence-corrected chi connectivity index (χ4v) is 1.37. The van der Waals surface area contributed by atoms with Gasteiger partial charge in [0.2, 0.25) is 0 Å². The zero-order chi connectivity index (χ0) is 9.26. The molecule has 0 bridgehead atoms. The number of benzene rings is 1. The number of hydrogen-bond acceptors (Lipinski definition) is 2. The van der Waals surface area contributed by atoms with Crippen LogP contribution in [-0.4, -0.2) is 11.0 Å².